The molecule has 1 saturated heterocycles. The van der Waals surface area contributed by atoms with Crippen LogP contribution in [0.3, 0.4) is 0 Å². The Morgan fingerprint density at radius 1 is 0.794 bits per heavy atom. The monoisotopic (exact) mass is 490 g/mol. The van der Waals surface area contributed by atoms with Gasteiger partial charge in [0.25, 0.3) is 0 Å². The molecule has 0 spiro atoms. The number of rotatable bonds is 6. The van der Waals surface area contributed by atoms with Crippen LogP contribution in [0.2, 0.25) is 19.6 Å². The smallest absolute Gasteiger partial charge is 0.196 e. The molecule has 3 aromatic carbocycles. The summed E-state index contributed by atoms with van der Waals surface area (Å²) in [6, 6.07) is 30.5. The van der Waals surface area contributed by atoms with Crippen LogP contribution in [0.4, 0.5) is 0 Å². The van der Waals surface area contributed by atoms with Crippen molar-refractivity contribution in [2.75, 3.05) is 0 Å². The van der Waals surface area contributed by atoms with Gasteiger partial charge in [-0.3, -0.25) is 0 Å². The summed E-state index contributed by atoms with van der Waals surface area (Å²) < 4.78 is 30.0. The minimum Gasteiger partial charge on any atom is -0.387 e. The SMILES string of the molecule is C[Si](C)(C)O[C@]1(c2ccccc2)O[C@H]2CCCC[C@@H]2[C@@H]1P(=O)(c1ccccc1)c1ccccc1. The van der Waals surface area contributed by atoms with Gasteiger partial charge in [0.05, 0.1) is 11.8 Å². The molecule has 1 aliphatic heterocycles. The molecule has 5 heteroatoms. The molecule has 1 saturated carbocycles. The third kappa shape index (κ3) is 4.16. The summed E-state index contributed by atoms with van der Waals surface area (Å²) in [5.41, 5.74) is 0.702. The Morgan fingerprint density at radius 2 is 1.29 bits per heavy atom. The zero-order valence-corrected chi connectivity index (χ0v) is 22.3. The van der Waals surface area contributed by atoms with E-state index in [-0.39, 0.29) is 17.7 Å². The van der Waals surface area contributed by atoms with Gasteiger partial charge in [0, 0.05) is 22.1 Å². The van der Waals surface area contributed by atoms with Crippen molar-refractivity contribution in [3.63, 3.8) is 0 Å². The lowest BCUT2D eigenvalue weighted by Gasteiger charge is -2.44. The molecule has 178 valence electrons. The summed E-state index contributed by atoms with van der Waals surface area (Å²) in [7, 11) is -5.27. The summed E-state index contributed by atoms with van der Waals surface area (Å²) in [5.74, 6) is -0.858. The highest BCUT2D eigenvalue weighted by molar-refractivity contribution is 7.79. The quantitative estimate of drug-likeness (QED) is 0.286. The molecule has 4 atom stereocenters. The first-order valence-electron chi connectivity index (χ1n) is 12.5. The predicted octanol–water partition coefficient (Wildman–Crippen LogP) is 6.66. The van der Waals surface area contributed by atoms with Crippen LogP contribution in [0.1, 0.15) is 31.2 Å². The predicted molar refractivity (Wildman–Crippen MR) is 143 cm³/mol. The summed E-state index contributed by atoms with van der Waals surface area (Å²) >= 11 is 0. The topological polar surface area (TPSA) is 35.5 Å². The van der Waals surface area contributed by atoms with Gasteiger partial charge < -0.3 is 13.7 Å². The molecule has 0 amide bonds. The van der Waals surface area contributed by atoms with Crippen molar-refractivity contribution in [2.24, 2.45) is 5.92 Å². The second kappa shape index (κ2) is 9.24. The third-order valence-electron chi connectivity index (χ3n) is 7.18. The van der Waals surface area contributed by atoms with Gasteiger partial charge in [0.15, 0.2) is 21.2 Å². The Labute approximate surface area is 205 Å². The zero-order valence-electron chi connectivity index (χ0n) is 20.4. The zero-order chi connectivity index (χ0) is 23.8. The number of ether oxygens (including phenoxy) is 1. The van der Waals surface area contributed by atoms with Crippen LogP contribution in [0.25, 0.3) is 0 Å². The molecule has 2 aliphatic rings. The maximum atomic E-state index is 15.8. The summed E-state index contributed by atoms with van der Waals surface area (Å²) in [4.78, 5) is 0. The Bertz CT molecular complexity index is 1100. The summed E-state index contributed by atoms with van der Waals surface area (Å²) in [6.45, 7) is 6.61. The van der Waals surface area contributed by atoms with Crippen molar-refractivity contribution in [1.29, 1.82) is 0 Å². The first-order chi connectivity index (χ1) is 16.3. The van der Waals surface area contributed by atoms with Crippen LogP contribution in [0.15, 0.2) is 91.0 Å². The van der Waals surface area contributed by atoms with Crippen molar-refractivity contribution in [1.82, 2.24) is 0 Å². The minimum atomic E-state index is -3.16. The number of hydrogen-bond acceptors (Lipinski definition) is 3. The largest absolute Gasteiger partial charge is 0.387 e. The Hall–Kier alpha value is -1.97. The molecule has 0 bridgehead atoms. The highest BCUT2D eigenvalue weighted by atomic mass is 31.2. The van der Waals surface area contributed by atoms with E-state index in [1.807, 2.05) is 78.9 Å². The third-order valence-corrected chi connectivity index (χ3v) is 11.7. The van der Waals surface area contributed by atoms with E-state index in [1.165, 1.54) is 0 Å². The molecular formula is C29H35O3PSi. The van der Waals surface area contributed by atoms with Gasteiger partial charge in [0.2, 0.25) is 0 Å². The number of fused-ring (bicyclic) bond motifs is 1. The molecule has 2 fully saturated rings. The Morgan fingerprint density at radius 3 is 1.82 bits per heavy atom. The second-order valence-electron chi connectivity index (χ2n) is 10.6. The second-order valence-corrected chi connectivity index (χ2v) is 18.0. The van der Waals surface area contributed by atoms with Gasteiger partial charge in [-0.05, 0) is 32.5 Å². The van der Waals surface area contributed by atoms with Gasteiger partial charge in [-0.2, -0.15) is 0 Å². The fourth-order valence-electron chi connectivity index (χ4n) is 6.00. The molecule has 3 nitrogen and oxygen atoms in total. The molecular weight excluding hydrogens is 455 g/mol. The minimum absolute atomic E-state index is 0.0519. The summed E-state index contributed by atoms with van der Waals surface area (Å²) in [6.07, 6.45) is 4.35. The molecule has 0 N–H and O–H groups in total. The highest BCUT2D eigenvalue weighted by Gasteiger charge is 2.64. The Balaban J connectivity index is 1.82. The maximum Gasteiger partial charge on any atom is 0.196 e. The molecule has 1 heterocycles. The molecule has 34 heavy (non-hydrogen) atoms. The van der Waals surface area contributed by atoms with Gasteiger partial charge >= 0.3 is 0 Å². The van der Waals surface area contributed by atoms with E-state index in [1.54, 1.807) is 0 Å². The molecule has 0 unspecified atom stereocenters. The standard InChI is InChI=1S/C29H35O3PSi/c1-34(2,3)32-29(23-15-7-4-8-16-23)28(26-21-13-14-22-27(26)31-29)33(30,24-17-9-5-10-18-24)25-19-11-6-12-20-25/h4-12,15-20,26-28H,13-14,21-22H2,1-3H3/t26-,27-,28-,29-/m0/s1. The molecule has 0 radical (unpaired) electrons. The van der Waals surface area contributed by atoms with Crippen molar-refractivity contribution in [3.8, 4) is 0 Å². The Kier molecular flexibility index (Phi) is 6.45. The molecule has 3 aromatic rings. The van der Waals surface area contributed by atoms with E-state index < -0.39 is 21.2 Å². The lowest BCUT2D eigenvalue weighted by molar-refractivity contribution is -0.187. The number of benzene rings is 3. The first-order valence-corrected chi connectivity index (χ1v) is 17.7. The highest BCUT2D eigenvalue weighted by Crippen LogP contribution is 2.65. The molecule has 5 rings (SSSR count). The van der Waals surface area contributed by atoms with Crippen LogP contribution < -0.4 is 10.6 Å². The van der Waals surface area contributed by atoms with Crippen molar-refractivity contribution < 1.29 is 13.7 Å². The van der Waals surface area contributed by atoms with Gasteiger partial charge in [-0.1, -0.05) is 104 Å². The van der Waals surface area contributed by atoms with Crippen LogP contribution in [-0.2, 0) is 19.5 Å². The molecule has 0 aromatic heterocycles. The van der Waals surface area contributed by atoms with Gasteiger partial charge in [-0.15, -0.1) is 0 Å². The van der Waals surface area contributed by atoms with Gasteiger partial charge in [-0.25, -0.2) is 0 Å². The maximum absolute atomic E-state index is 15.8. The van der Waals surface area contributed by atoms with Gasteiger partial charge in [0.1, 0.15) is 0 Å². The van der Waals surface area contributed by atoms with Crippen LogP contribution in [-0.4, -0.2) is 20.1 Å². The lowest BCUT2D eigenvalue weighted by Crippen LogP contribution is -2.50. The average molecular weight is 491 g/mol. The normalized spacial score (nSPS) is 27.3. The van der Waals surface area contributed by atoms with Crippen molar-refractivity contribution in [2.45, 2.75) is 62.9 Å². The average Bonchev–Trinajstić information content (AvgIpc) is 3.19. The fraction of sp³-hybridized carbons (Fsp3) is 0.379. The van der Waals surface area contributed by atoms with Crippen molar-refractivity contribution >= 4 is 26.1 Å². The fourth-order valence-corrected chi connectivity index (χ4v) is 11.1. The molecule has 1 aliphatic carbocycles. The van der Waals surface area contributed by atoms with E-state index in [9.17, 15) is 0 Å². The van der Waals surface area contributed by atoms with E-state index in [4.69, 9.17) is 9.16 Å². The lowest BCUT2D eigenvalue weighted by atomic mass is 9.83. The van der Waals surface area contributed by atoms with E-state index in [0.717, 1.165) is 41.9 Å². The number of hydrogen-bond donors (Lipinski definition) is 0. The summed E-state index contributed by atoms with van der Waals surface area (Å²) in [5, 5.41) is 1.78. The van der Waals surface area contributed by atoms with Crippen LogP contribution in [0.5, 0.6) is 0 Å². The van der Waals surface area contributed by atoms with E-state index in [0.29, 0.717) is 0 Å². The van der Waals surface area contributed by atoms with Crippen LogP contribution in [0, 0.1) is 5.92 Å². The first kappa shape index (κ1) is 23.8. The van der Waals surface area contributed by atoms with Crippen molar-refractivity contribution in [3.05, 3.63) is 96.6 Å². The van der Waals surface area contributed by atoms with E-state index >= 15 is 4.57 Å². The van der Waals surface area contributed by atoms with Crippen LogP contribution >= 0.6 is 7.14 Å². The van der Waals surface area contributed by atoms with E-state index in [2.05, 4.69) is 31.8 Å².